The fraction of sp³-hybridized carbons (Fsp3) is 0.250. The van der Waals surface area contributed by atoms with E-state index in [2.05, 4.69) is 31.5 Å². The molecule has 1 unspecified atom stereocenters. The number of rotatable bonds is 6. The Morgan fingerprint density at radius 3 is 2.67 bits per heavy atom. The summed E-state index contributed by atoms with van der Waals surface area (Å²) in [6.45, 7) is 3.78. The van der Waals surface area contributed by atoms with Gasteiger partial charge >= 0.3 is 0 Å². The van der Waals surface area contributed by atoms with Crippen molar-refractivity contribution in [3.05, 3.63) is 58.8 Å². The van der Waals surface area contributed by atoms with E-state index < -0.39 is 0 Å². The van der Waals surface area contributed by atoms with Crippen LogP contribution < -0.4 is 10.6 Å². The van der Waals surface area contributed by atoms with Gasteiger partial charge in [-0.05, 0) is 37.3 Å². The number of nitrogens with one attached hydrogen (secondary N) is 2. The molecule has 140 valence electrons. The predicted octanol–water partition coefficient (Wildman–Crippen LogP) is 4.02. The van der Waals surface area contributed by atoms with Crippen LogP contribution in [0.3, 0.4) is 0 Å². The number of fused-ring (bicyclic) bond motifs is 1. The molecule has 1 heterocycles. The quantitative estimate of drug-likeness (QED) is 0.622. The van der Waals surface area contributed by atoms with Crippen molar-refractivity contribution < 1.29 is 9.59 Å². The molecule has 2 amide bonds. The van der Waals surface area contributed by atoms with Gasteiger partial charge in [0.25, 0.3) is 0 Å². The molecule has 0 radical (unpaired) electrons. The smallest absolute Gasteiger partial charge is 0.244 e. The van der Waals surface area contributed by atoms with Crippen LogP contribution in [0.4, 0.5) is 5.69 Å². The van der Waals surface area contributed by atoms with Crippen LogP contribution >= 0.6 is 15.9 Å². The highest BCUT2D eigenvalue weighted by Crippen LogP contribution is 2.21. The lowest BCUT2D eigenvalue weighted by Gasteiger charge is -2.16. The van der Waals surface area contributed by atoms with E-state index in [0.717, 1.165) is 15.5 Å². The number of anilines is 1. The van der Waals surface area contributed by atoms with Crippen molar-refractivity contribution in [2.45, 2.75) is 32.9 Å². The Bertz CT molecular complexity index is 983. The van der Waals surface area contributed by atoms with Gasteiger partial charge in [-0.25, -0.2) is 4.98 Å². The Hall–Kier alpha value is -2.67. The van der Waals surface area contributed by atoms with Gasteiger partial charge in [-0.3, -0.25) is 9.59 Å². The second-order valence-corrected chi connectivity index (χ2v) is 7.16. The van der Waals surface area contributed by atoms with Crippen LogP contribution in [0.5, 0.6) is 0 Å². The van der Waals surface area contributed by atoms with Gasteiger partial charge in [-0.1, -0.05) is 41.1 Å². The first-order chi connectivity index (χ1) is 13.0. The van der Waals surface area contributed by atoms with Gasteiger partial charge in [0, 0.05) is 16.6 Å². The molecule has 2 aromatic carbocycles. The van der Waals surface area contributed by atoms with Crippen molar-refractivity contribution in [1.29, 1.82) is 0 Å². The van der Waals surface area contributed by atoms with Gasteiger partial charge in [0.15, 0.2) is 0 Å². The van der Waals surface area contributed by atoms with Crippen LogP contribution in [0.2, 0.25) is 0 Å². The molecule has 0 aliphatic rings. The summed E-state index contributed by atoms with van der Waals surface area (Å²) < 4.78 is 2.74. The number of aromatic nitrogens is 2. The first kappa shape index (κ1) is 19.1. The predicted molar refractivity (Wildman–Crippen MR) is 109 cm³/mol. The van der Waals surface area contributed by atoms with Gasteiger partial charge in [0.2, 0.25) is 11.8 Å². The van der Waals surface area contributed by atoms with Crippen molar-refractivity contribution in [3.8, 4) is 0 Å². The molecule has 6 nitrogen and oxygen atoms in total. The van der Waals surface area contributed by atoms with E-state index in [4.69, 9.17) is 0 Å². The maximum atomic E-state index is 12.6. The number of nitrogens with zero attached hydrogens (tertiary/aromatic N) is 2. The third-order valence-electron chi connectivity index (χ3n) is 4.18. The molecule has 0 saturated carbocycles. The fourth-order valence-corrected chi connectivity index (χ4v) is 3.31. The molecule has 27 heavy (non-hydrogen) atoms. The van der Waals surface area contributed by atoms with Crippen LogP contribution in [-0.2, 0) is 16.1 Å². The van der Waals surface area contributed by atoms with Crippen LogP contribution in [-0.4, -0.2) is 21.4 Å². The third kappa shape index (κ3) is 4.54. The molecule has 0 fully saturated rings. The minimum Gasteiger partial charge on any atom is -0.346 e. The van der Waals surface area contributed by atoms with Gasteiger partial charge in [0.05, 0.1) is 17.1 Å². The first-order valence-corrected chi connectivity index (χ1v) is 9.57. The molecule has 0 spiro atoms. The Labute approximate surface area is 166 Å². The molecular weight excluding hydrogens is 408 g/mol. The Morgan fingerprint density at radius 1 is 1.15 bits per heavy atom. The standard InChI is InChI=1S/C20H21BrN4O2/c1-3-18(26)22-13(2)20-24-16-9-4-5-10-17(16)25(20)12-19(27)23-15-8-6-7-14(21)11-15/h4-11,13H,3,12H2,1-2H3,(H,22,26)(H,23,27). The summed E-state index contributed by atoms with van der Waals surface area (Å²) in [6.07, 6.45) is 0.397. The molecule has 0 saturated heterocycles. The number of hydrogen-bond donors (Lipinski definition) is 2. The van der Waals surface area contributed by atoms with E-state index in [1.54, 1.807) is 6.92 Å². The Balaban J connectivity index is 1.88. The number of halogens is 1. The molecule has 3 aromatic rings. The lowest BCUT2D eigenvalue weighted by molar-refractivity contribution is -0.121. The minimum absolute atomic E-state index is 0.0558. The number of imidazole rings is 1. The van der Waals surface area contributed by atoms with E-state index in [1.165, 1.54) is 0 Å². The molecule has 0 bridgehead atoms. The molecule has 1 atom stereocenters. The molecule has 0 aliphatic carbocycles. The summed E-state index contributed by atoms with van der Waals surface area (Å²) in [5, 5.41) is 5.82. The number of benzene rings is 2. The van der Waals surface area contributed by atoms with Crippen molar-refractivity contribution in [2.75, 3.05) is 5.32 Å². The lowest BCUT2D eigenvalue weighted by Crippen LogP contribution is -2.29. The summed E-state index contributed by atoms with van der Waals surface area (Å²) in [7, 11) is 0. The van der Waals surface area contributed by atoms with Gasteiger partial charge in [-0.2, -0.15) is 0 Å². The maximum absolute atomic E-state index is 12.6. The van der Waals surface area contributed by atoms with Gasteiger partial charge in [0.1, 0.15) is 12.4 Å². The maximum Gasteiger partial charge on any atom is 0.244 e. The summed E-state index contributed by atoms with van der Waals surface area (Å²) >= 11 is 3.40. The zero-order chi connectivity index (χ0) is 19.4. The lowest BCUT2D eigenvalue weighted by atomic mass is 10.3. The molecule has 2 N–H and O–H groups in total. The van der Waals surface area contributed by atoms with Crippen LogP contribution in [0, 0.1) is 0 Å². The second-order valence-electron chi connectivity index (χ2n) is 6.25. The fourth-order valence-electron chi connectivity index (χ4n) is 2.91. The van der Waals surface area contributed by atoms with Gasteiger partial charge < -0.3 is 15.2 Å². The van der Waals surface area contributed by atoms with Crippen LogP contribution in [0.15, 0.2) is 53.0 Å². The van der Waals surface area contributed by atoms with E-state index in [1.807, 2.05) is 60.0 Å². The highest BCUT2D eigenvalue weighted by atomic mass is 79.9. The third-order valence-corrected chi connectivity index (χ3v) is 4.67. The minimum atomic E-state index is -0.302. The summed E-state index contributed by atoms with van der Waals surface area (Å²) in [5.74, 6) is 0.439. The van der Waals surface area contributed by atoms with E-state index in [9.17, 15) is 9.59 Å². The number of hydrogen-bond acceptors (Lipinski definition) is 3. The summed E-state index contributed by atoms with van der Waals surface area (Å²) in [4.78, 5) is 29.0. The van der Waals surface area contributed by atoms with Crippen LogP contribution in [0.1, 0.15) is 32.1 Å². The highest BCUT2D eigenvalue weighted by molar-refractivity contribution is 9.10. The Morgan fingerprint density at radius 2 is 1.93 bits per heavy atom. The molecule has 3 rings (SSSR count). The first-order valence-electron chi connectivity index (χ1n) is 8.78. The second kappa shape index (κ2) is 8.35. The molecule has 7 heteroatoms. The summed E-state index contributed by atoms with van der Waals surface area (Å²) in [5.41, 5.74) is 2.36. The normalized spacial score (nSPS) is 12.0. The number of carbonyl (C=O) groups is 2. The largest absolute Gasteiger partial charge is 0.346 e. The van der Waals surface area contributed by atoms with E-state index in [-0.39, 0.29) is 24.4 Å². The monoisotopic (exact) mass is 428 g/mol. The summed E-state index contributed by atoms with van der Waals surface area (Å²) in [6, 6.07) is 14.8. The van der Waals surface area contributed by atoms with Gasteiger partial charge in [-0.15, -0.1) is 0 Å². The molecule has 0 aliphatic heterocycles. The van der Waals surface area contributed by atoms with Crippen molar-refractivity contribution in [3.63, 3.8) is 0 Å². The molecule has 1 aromatic heterocycles. The van der Waals surface area contributed by atoms with Crippen molar-refractivity contribution in [2.24, 2.45) is 0 Å². The SMILES string of the molecule is CCC(=O)NC(C)c1nc2ccccc2n1CC(=O)Nc1cccc(Br)c1. The zero-order valence-electron chi connectivity index (χ0n) is 15.2. The zero-order valence-corrected chi connectivity index (χ0v) is 16.8. The number of para-hydroxylation sites is 2. The Kier molecular flexibility index (Phi) is 5.91. The van der Waals surface area contributed by atoms with Crippen molar-refractivity contribution >= 4 is 44.5 Å². The number of amides is 2. The van der Waals surface area contributed by atoms with Crippen LogP contribution in [0.25, 0.3) is 11.0 Å². The van der Waals surface area contributed by atoms with E-state index in [0.29, 0.717) is 17.9 Å². The van der Waals surface area contributed by atoms with E-state index >= 15 is 0 Å². The van der Waals surface area contributed by atoms with Crippen molar-refractivity contribution in [1.82, 2.24) is 14.9 Å². The average Bonchev–Trinajstić information content (AvgIpc) is 3.00. The average molecular weight is 429 g/mol. The molecular formula is C20H21BrN4O2. The topological polar surface area (TPSA) is 76.0 Å². The number of carbonyl (C=O) groups excluding carboxylic acids is 2. The highest BCUT2D eigenvalue weighted by Gasteiger charge is 2.19.